The molecule has 2 aromatic carbocycles. The third-order valence-electron chi connectivity index (χ3n) is 4.35. The fraction of sp³-hybridized carbons (Fsp3) is 0.368. The van der Waals surface area contributed by atoms with Gasteiger partial charge in [-0.25, -0.2) is 0 Å². The van der Waals surface area contributed by atoms with Crippen LogP contribution in [0.4, 0.5) is 5.69 Å². The molecule has 0 radical (unpaired) electrons. The summed E-state index contributed by atoms with van der Waals surface area (Å²) in [5.74, 6) is 0.803. The molecule has 0 saturated carbocycles. The molecule has 0 amide bonds. The molecule has 1 aliphatic rings. The molecule has 2 aromatic rings. The molecule has 1 saturated heterocycles. The van der Waals surface area contributed by atoms with Gasteiger partial charge in [0.15, 0.2) is 0 Å². The van der Waals surface area contributed by atoms with Crippen LogP contribution in [-0.2, 0) is 0 Å². The zero-order valence-electron chi connectivity index (χ0n) is 13.7. The van der Waals surface area contributed by atoms with Gasteiger partial charge in [-0.3, -0.25) is 0 Å². The maximum atomic E-state index is 10.2. The van der Waals surface area contributed by atoms with E-state index in [4.69, 9.17) is 16.3 Å². The molecule has 4 nitrogen and oxygen atoms in total. The van der Waals surface area contributed by atoms with Crippen LogP contribution in [0.15, 0.2) is 54.6 Å². The van der Waals surface area contributed by atoms with Crippen LogP contribution in [0.3, 0.4) is 0 Å². The Morgan fingerprint density at radius 3 is 2.54 bits per heavy atom. The molecule has 1 aliphatic heterocycles. The van der Waals surface area contributed by atoms with Crippen molar-refractivity contribution in [2.45, 2.75) is 6.10 Å². The first-order valence-corrected chi connectivity index (χ1v) is 8.78. The van der Waals surface area contributed by atoms with E-state index in [9.17, 15) is 5.11 Å². The Bertz CT molecular complexity index is 630. The molecule has 24 heavy (non-hydrogen) atoms. The van der Waals surface area contributed by atoms with E-state index in [0.29, 0.717) is 6.61 Å². The van der Waals surface area contributed by atoms with Crippen molar-refractivity contribution in [3.63, 3.8) is 0 Å². The molecule has 2 N–H and O–H groups in total. The number of quaternary nitrogens is 1. The summed E-state index contributed by atoms with van der Waals surface area (Å²) in [5, 5.41) is 11.0. The number of nitrogens with zero attached hydrogens (tertiary/aromatic N) is 1. The maximum Gasteiger partial charge on any atom is 0.137 e. The highest BCUT2D eigenvalue weighted by Crippen LogP contribution is 2.19. The topological polar surface area (TPSA) is 37.1 Å². The number of rotatable bonds is 6. The van der Waals surface area contributed by atoms with Crippen molar-refractivity contribution in [1.82, 2.24) is 0 Å². The first kappa shape index (κ1) is 17.1. The summed E-state index contributed by atoms with van der Waals surface area (Å²) in [6.07, 6.45) is -0.446. The van der Waals surface area contributed by atoms with Crippen LogP contribution in [0.1, 0.15) is 0 Å². The van der Waals surface area contributed by atoms with Gasteiger partial charge in [0.2, 0.25) is 0 Å². The van der Waals surface area contributed by atoms with E-state index in [-0.39, 0.29) is 0 Å². The monoisotopic (exact) mass is 347 g/mol. The Hall–Kier alpha value is -1.75. The lowest BCUT2D eigenvalue weighted by molar-refractivity contribution is -0.903. The number of hydrogen-bond donors (Lipinski definition) is 2. The number of para-hydroxylation sites is 1. The maximum absolute atomic E-state index is 10.2. The lowest BCUT2D eigenvalue weighted by Gasteiger charge is -2.34. The third-order valence-corrected chi connectivity index (χ3v) is 4.59. The smallest absolute Gasteiger partial charge is 0.137 e. The van der Waals surface area contributed by atoms with Crippen molar-refractivity contribution in [3.05, 3.63) is 59.6 Å². The highest BCUT2D eigenvalue weighted by molar-refractivity contribution is 6.30. The third kappa shape index (κ3) is 4.87. The summed E-state index contributed by atoms with van der Waals surface area (Å²) < 4.78 is 5.62. The zero-order chi connectivity index (χ0) is 16.8. The molecular formula is C19H24ClN2O2+. The Labute approximate surface area is 148 Å². The quantitative estimate of drug-likeness (QED) is 0.831. The number of nitrogens with one attached hydrogen (secondary N) is 1. The van der Waals surface area contributed by atoms with Gasteiger partial charge in [-0.15, -0.1) is 0 Å². The van der Waals surface area contributed by atoms with E-state index in [1.54, 1.807) is 0 Å². The van der Waals surface area contributed by atoms with Crippen LogP contribution in [0, 0.1) is 0 Å². The molecule has 0 aromatic heterocycles. The van der Waals surface area contributed by atoms with Gasteiger partial charge < -0.3 is 19.6 Å². The number of hydrogen-bond acceptors (Lipinski definition) is 3. The second-order valence-corrected chi connectivity index (χ2v) is 6.64. The zero-order valence-corrected chi connectivity index (χ0v) is 14.5. The molecule has 0 unspecified atom stereocenters. The normalized spacial score (nSPS) is 16.8. The fourth-order valence-corrected chi connectivity index (χ4v) is 3.24. The van der Waals surface area contributed by atoms with Crippen molar-refractivity contribution in [1.29, 1.82) is 0 Å². The minimum absolute atomic E-state index is 0.339. The van der Waals surface area contributed by atoms with E-state index in [1.807, 2.05) is 48.5 Å². The standard InChI is InChI=1S/C19H23ClN2O2/c20-16-5-4-6-17(13-16)22-11-9-21(10-12-22)14-18(23)15-24-19-7-2-1-3-8-19/h1-8,13,18,23H,9-12,14-15H2/p+1/t18-/m1/s1. The summed E-state index contributed by atoms with van der Waals surface area (Å²) in [6, 6.07) is 17.6. The Morgan fingerprint density at radius 2 is 1.83 bits per heavy atom. The molecule has 0 aliphatic carbocycles. The fourth-order valence-electron chi connectivity index (χ4n) is 3.06. The van der Waals surface area contributed by atoms with Gasteiger partial charge in [0.1, 0.15) is 25.0 Å². The van der Waals surface area contributed by atoms with Crippen molar-refractivity contribution in [3.8, 4) is 5.75 Å². The second kappa shape index (κ2) is 8.38. The summed E-state index contributed by atoms with van der Waals surface area (Å²) in [4.78, 5) is 3.76. The van der Waals surface area contributed by atoms with Crippen LogP contribution >= 0.6 is 11.6 Å². The molecular weight excluding hydrogens is 324 g/mol. The first-order valence-electron chi connectivity index (χ1n) is 8.41. The van der Waals surface area contributed by atoms with Crippen LogP contribution in [0.2, 0.25) is 5.02 Å². The highest BCUT2D eigenvalue weighted by atomic mass is 35.5. The lowest BCUT2D eigenvalue weighted by atomic mass is 10.2. The van der Waals surface area contributed by atoms with Gasteiger partial charge in [0.05, 0.1) is 26.2 Å². The minimum Gasteiger partial charge on any atom is -0.491 e. The lowest BCUT2D eigenvalue weighted by Crippen LogP contribution is -3.16. The molecule has 3 rings (SSSR count). The Balaban J connectivity index is 1.42. The predicted molar refractivity (Wildman–Crippen MR) is 97.2 cm³/mol. The van der Waals surface area contributed by atoms with Crippen LogP contribution in [0.5, 0.6) is 5.75 Å². The first-order chi connectivity index (χ1) is 11.7. The Kier molecular flexibility index (Phi) is 5.96. The molecule has 1 fully saturated rings. The summed E-state index contributed by atoms with van der Waals surface area (Å²) in [6.45, 7) is 5.02. The molecule has 5 heteroatoms. The summed E-state index contributed by atoms with van der Waals surface area (Å²) >= 11 is 6.07. The van der Waals surface area contributed by atoms with Gasteiger partial charge in [0, 0.05) is 10.7 Å². The van der Waals surface area contributed by atoms with Gasteiger partial charge >= 0.3 is 0 Å². The van der Waals surface area contributed by atoms with E-state index >= 15 is 0 Å². The number of anilines is 1. The van der Waals surface area contributed by atoms with Crippen molar-refractivity contribution in [2.75, 3.05) is 44.2 Å². The molecule has 128 valence electrons. The summed E-state index contributed by atoms with van der Waals surface area (Å²) in [5.41, 5.74) is 1.18. The molecule has 1 heterocycles. The molecule has 0 bridgehead atoms. The van der Waals surface area contributed by atoms with Gasteiger partial charge in [0.25, 0.3) is 0 Å². The molecule has 1 atom stereocenters. The highest BCUT2D eigenvalue weighted by Gasteiger charge is 2.22. The second-order valence-electron chi connectivity index (χ2n) is 6.20. The van der Waals surface area contributed by atoms with E-state index in [2.05, 4.69) is 11.0 Å². The predicted octanol–water partition coefficient (Wildman–Crippen LogP) is 1.48. The van der Waals surface area contributed by atoms with E-state index in [0.717, 1.165) is 43.5 Å². The largest absolute Gasteiger partial charge is 0.491 e. The van der Waals surface area contributed by atoms with Crippen LogP contribution < -0.4 is 14.5 Å². The number of aliphatic hydroxyl groups is 1. The number of ether oxygens (including phenoxy) is 1. The number of piperazine rings is 1. The van der Waals surface area contributed by atoms with Crippen molar-refractivity contribution >= 4 is 17.3 Å². The van der Waals surface area contributed by atoms with Crippen LogP contribution in [0.25, 0.3) is 0 Å². The van der Waals surface area contributed by atoms with Crippen molar-refractivity contribution in [2.24, 2.45) is 0 Å². The van der Waals surface area contributed by atoms with Gasteiger partial charge in [-0.05, 0) is 30.3 Å². The number of halogens is 1. The van der Waals surface area contributed by atoms with E-state index in [1.165, 1.54) is 10.6 Å². The summed E-state index contributed by atoms with van der Waals surface area (Å²) in [7, 11) is 0. The minimum atomic E-state index is -0.446. The van der Waals surface area contributed by atoms with Gasteiger partial charge in [-0.1, -0.05) is 35.9 Å². The number of aliphatic hydroxyl groups excluding tert-OH is 1. The molecule has 0 spiro atoms. The number of benzene rings is 2. The van der Waals surface area contributed by atoms with Gasteiger partial charge in [-0.2, -0.15) is 0 Å². The van der Waals surface area contributed by atoms with Crippen molar-refractivity contribution < 1.29 is 14.7 Å². The SMILES string of the molecule is O[C@@H](COc1ccccc1)C[NH+]1CCN(c2cccc(Cl)c2)CC1. The average molecular weight is 348 g/mol. The van der Waals surface area contributed by atoms with Crippen LogP contribution in [-0.4, -0.2) is 50.5 Å². The Morgan fingerprint density at radius 1 is 1.08 bits per heavy atom. The average Bonchev–Trinajstić information content (AvgIpc) is 2.61. The van der Waals surface area contributed by atoms with E-state index < -0.39 is 6.10 Å².